The van der Waals surface area contributed by atoms with E-state index in [1.54, 1.807) is 85.4 Å². The van der Waals surface area contributed by atoms with Gasteiger partial charge < -0.3 is 30.9 Å². The maximum absolute atomic E-state index is 11.3. The van der Waals surface area contributed by atoms with Gasteiger partial charge in [-0.1, -0.05) is 24.3 Å². The molecule has 105 heavy (non-hydrogen) atoms. The van der Waals surface area contributed by atoms with Gasteiger partial charge in [0.2, 0.25) is 0 Å². The molecule has 0 saturated carbocycles. The molecule has 0 fully saturated rings. The molecule has 0 radical (unpaired) electrons. The number of benzene rings is 7. The van der Waals surface area contributed by atoms with Crippen LogP contribution >= 0.6 is 79.4 Å². The summed E-state index contributed by atoms with van der Waals surface area (Å²) in [5.74, 6) is 0. The van der Waals surface area contributed by atoms with Gasteiger partial charge in [-0.2, -0.15) is 34.0 Å². The highest BCUT2D eigenvalue weighted by Crippen LogP contribution is 2.35. The first-order chi connectivity index (χ1) is 50.7. The Hall–Kier alpha value is -11.3. The molecule has 0 aliphatic rings. The molecule has 21 rings (SSSR count). The highest BCUT2D eigenvalue weighted by Gasteiger charge is 2.13. The molecule has 0 unspecified atom stereocenters. The van der Waals surface area contributed by atoms with E-state index in [9.17, 15) is 33.6 Å². The lowest BCUT2D eigenvalue weighted by molar-refractivity contribution is 0.560. The summed E-state index contributed by atoms with van der Waals surface area (Å²) in [6.07, 6.45) is 0. The second-order valence-corrected chi connectivity index (χ2v) is 30.9. The molecule has 0 aliphatic carbocycles. The van der Waals surface area contributed by atoms with E-state index >= 15 is 0 Å². The fourth-order valence-electron chi connectivity index (χ4n) is 12.7. The summed E-state index contributed by atoms with van der Waals surface area (Å²) in [7, 11) is 0. The molecule has 14 heterocycles. The van der Waals surface area contributed by atoms with E-state index in [-0.39, 0.29) is 39.4 Å². The first-order valence-electron chi connectivity index (χ1n) is 32.6. The lowest BCUT2D eigenvalue weighted by Crippen LogP contribution is -1.97. The van der Waals surface area contributed by atoms with Crippen LogP contribution in [0.25, 0.3) is 149 Å². The van der Waals surface area contributed by atoms with Gasteiger partial charge in [0.05, 0.1) is 4.70 Å². The molecule has 21 aromatic rings. The van der Waals surface area contributed by atoms with Gasteiger partial charge in [-0.05, 0) is 258 Å². The number of thiophene rings is 7. The zero-order valence-electron chi connectivity index (χ0n) is 56.8. The minimum Gasteiger partial charge on any atom is -0.423 e. The molecule has 0 atom stereocenters. The number of hydrogen-bond donors (Lipinski definition) is 0. The molecule has 7 aromatic carbocycles. The number of fused-ring (bicyclic) bond motifs is 18. The van der Waals surface area contributed by atoms with Crippen molar-refractivity contribution in [1.82, 2.24) is 0 Å². The lowest BCUT2D eigenvalue weighted by Gasteiger charge is -2.01. The van der Waals surface area contributed by atoms with Crippen LogP contribution in [0, 0.1) is 48.5 Å². The topological polar surface area (TPSA) is 211 Å². The van der Waals surface area contributed by atoms with Crippen molar-refractivity contribution in [3.63, 3.8) is 0 Å². The Morgan fingerprint density at radius 1 is 0.229 bits per heavy atom. The molecule has 14 aromatic heterocycles. The van der Waals surface area contributed by atoms with Crippen LogP contribution in [0.4, 0.5) is 0 Å². The average Bonchev–Trinajstić information content (AvgIpc) is 1.74. The maximum atomic E-state index is 11.3. The van der Waals surface area contributed by atoms with Crippen molar-refractivity contribution in [2.24, 2.45) is 0 Å². The van der Waals surface area contributed by atoms with E-state index in [4.69, 9.17) is 30.9 Å². The summed E-state index contributed by atoms with van der Waals surface area (Å²) >= 11 is 11.5. The van der Waals surface area contributed by atoms with Crippen LogP contribution in [-0.4, -0.2) is 0 Å². The SMILES string of the molecule is Cc1cc(=O)oc2c1ccc1ccsc12.Cc1cc(=O)oc2c1ccc1cscc12.Cc1cc(=O)oc2c1ccc1sccc12.Cc1cc(=O)oc2cc3ccsc3cc12.Cc1cc(=O)oc2cc3cscc3cc12.Cc1cc(=O)oc2cc3sccc3cc12.Cc1cc(=O)oc2ccc3cscc3c12. The maximum Gasteiger partial charge on any atom is 0.336 e. The Kier molecular flexibility index (Phi) is 19.3. The van der Waals surface area contributed by atoms with Crippen molar-refractivity contribution in [3.8, 4) is 0 Å². The Morgan fingerprint density at radius 2 is 0.600 bits per heavy atom. The van der Waals surface area contributed by atoms with Gasteiger partial charge in [0, 0.05) is 116 Å². The normalized spacial score (nSPS) is 11.3. The first kappa shape index (κ1) is 69.4. The van der Waals surface area contributed by atoms with E-state index in [0.717, 1.165) is 123 Å². The summed E-state index contributed by atoms with van der Waals surface area (Å²) in [5.41, 5.74) is 9.64. The highest BCUT2D eigenvalue weighted by atomic mass is 32.1. The average molecular weight is 1510 g/mol. The Balaban J connectivity index is 0.0000000983. The van der Waals surface area contributed by atoms with E-state index in [1.807, 2.05) is 142 Å². The van der Waals surface area contributed by atoms with E-state index in [0.29, 0.717) is 39.1 Å². The molecular weight excluding hydrogens is 1460 g/mol. The summed E-state index contributed by atoms with van der Waals surface area (Å²) in [6.45, 7) is 13.5. The predicted molar refractivity (Wildman–Crippen MR) is 438 cm³/mol. The van der Waals surface area contributed by atoms with Crippen LogP contribution < -0.4 is 39.4 Å². The number of hydrogen-bond acceptors (Lipinski definition) is 21. The van der Waals surface area contributed by atoms with Gasteiger partial charge in [0.1, 0.15) is 33.5 Å². The quantitative estimate of drug-likeness (QED) is 0.129. The lowest BCUT2D eigenvalue weighted by atomic mass is 10.1. The Morgan fingerprint density at radius 3 is 1.21 bits per heavy atom. The highest BCUT2D eigenvalue weighted by molar-refractivity contribution is 7.18. The number of rotatable bonds is 0. The van der Waals surface area contributed by atoms with Crippen LogP contribution in [-0.2, 0) is 0 Å². The standard InChI is InChI=1S/7C12H8O2S/c1-7-2-12(13)14-11-4-9-6-15-5-8(9)3-10(7)11;1-7-4-11(13)14-10-3-2-8-5-15-6-9(8)12(7)10;1-7-4-12(13)14-10-5-8-2-3-15-11(8)6-9(7)10;1-7-4-12(13)14-10-6-11-8(2-3-15-11)5-9(7)10;1-7-4-11(13)14-12-9(7)3-2-8-5-15-6-10(8)12;1-7-6-11(13)14-12-8(7)2-3-10-9(12)4-5-15-10;1-7-6-10(13)14-11-9(7)3-2-8-4-5-15-12(8)11/h7*2-6H,1H3. The second-order valence-electron chi connectivity index (χ2n) is 24.9. The van der Waals surface area contributed by atoms with Crippen molar-refractivity contribution >= 4 is 229 Å². The first-order valence-corrected chi connectivity index (χ1v) is 38.9. The molecule has 14 nitrogen and oxygen atoms in total. The van der Waals surface area contributed by atoms with Crippen LogP contribution in [0.5, 0.6) is 0 Å². The van der Waals surface area contributed by atoms with Gasteiger partial charge in [0.15, 0.2) is 5.58 Å². The number of aryl methyl sites for hydroxylation is 7. The van der Waals surface area contributed by atoms with Crippen LogP contribution in [0.1, 0.15) is 38.9 Å². The summed E-state index contributed by atoms with van der Waals surface area (Å²) in [4.78, 5) is 78.8. The molecule has 0 amide bonds. The van der Waals surface area contributed by atoms with Crippen molar-refractivity contribution < 1.29 is 30.9 Å². The molecule has 0 N–H and O–H groups in total. The van der Waals surface area contributed by atoms with Crippen LogP contribution in [0.3, 0.4) is 0 Å². The van der Waals surface area contributed by atoms with Gasteiger partial charge in [0.25, 0.3) is 0 Å². The van der Waals surface area contributed by atoms with Crippen molar-refractivity contribution in [2.45, 2.75) is 48.5 Å². The fourth-order valence-corrected chi connectivity index (χ4v) is 18.3. The van der Waals surface area contributed by atoms with Crippen molar-refractivity contribution in [3.05, 3.63) is 317 Å². The monoisotopic (exact) mass is 1510 g/mol. The molecule has 0 aliphatic heterocycles. The molecule has 0 saturated heterocycles. The van der Waals surface area contributed by atoms with Gasteiger partial charge in [-0.15, -0.1) is 45.3 Å². The Labute approximate surface area is 620 Å². The van der Waals surface area contributed by atoms with Gasteiger partial charge in [-0.3, -0.25) is 0 Å². The third kappa shape index (κ3) is 14.3. The van der Waals surface area contributed by atoms with Crippen molar-refractivity contribution in [1.29, 1.82) is 0 Å². The molecular formula is C84H56O14S7. The smallest absolute Gasteiger partial charge is 0.336 e. The Bertz CT molecular complexity index is 6760. The second kappa shape index (κ2) is 29.1. The zero-order chi connectivity index (χ0) is 72.9. The van der Waals surface area contributed by atoms with Crippen molar-refractivity contribution in [2.75, 3.05) is 0 Å². The van der Waals surface area contributed by atoms with E-state index in [2.05, 4.69) is 69.4 Å². The predicted octanol–water partition coefficient (Wildman–Crippen LogP) is 23.2. The zero-order valence-corrected chi connectivity index (χ0v) is 62.5. The fraction of sp³-hybridized carbons (Fsp3) is 0.0833. The molecule has 0 spiro atoms. The van der Waals surface area contributed by atoms with Crippen LogP contribution in [0.15, 0.2) is 270 Å². The van der Waals surface area contributed by atoms with Crippen LogP contribution in [0.2, 0.25) is 0 Å². The van der Waals surface area contributed by atoms with Gasteiger partial charge >= 0.3 is 39.4 Å². The molecule has 0 bridgehead atoms. The third-order valence-corrected chi connectivity index (χ3v) is 23.7. The van der Waals surface area contributed by atoms with E-state index < -0.39 is 0 Å². The molecule has 518 valence electrons. The molecule has 21 heteroatoms. The third-order valence-electron chi connectivity index (χ3n) is 17.8. The minimum atomic E-state index is -0.283. The van der Waals surface area contributed by atoms with Gasteiger partial charge in [-0.25, -0.2) is 33.6 Å². The minimum absolute atomic E-state index is 0.277. The van der Waals surface area contributed by atoms with E-state index in [1.165, 1.54) is 62.6 Å². The summed E-state index contributed by atoms with van der Waals surface area (Å²) in [5, 5.41) is 39.0. The largest absolute Gasteiger partial charge is 0.423 e. The summed E-state index contributed by atoms with van der Waals surface area (Å²) < 4.78 is 41.0. The summed E-state index contributed by atoms with van der Waals surface area (Å²) in [6, 6.07) is 46.9.